The number of unbranched alkanes of at least 4 members (excludes halogenated alkanes) is 1. The van der Waals surface area contributed by atoms with Gasteiger partial charge in [0.25, 0.3) is 0 Å². The molecule has 0 saturated carbocycles. The zero-order valence-corrected chi connectivity index (χ0v) is 10.8. The molecule has 0 unspecified atom stereocenters. The summed E-state index contributed by atoms with van der Waals surface area (Å²) in [5.74, 6) is 0. The maximum Gasteiger partial charge on any atom is 0.407 e. The van der Waals surface area contributed by atoms with E-state index in [1.54, 1.807) is 20.8 Å². The molecule has 0 aliphatic carbocycles. The van der Waals surface area contributed by atoms with Crippen molar-refractivity contribution in [1.82, 2.24) is 5.32 Å². The van der Waals surface area contributed by atoms with E-state index < -0.39 is 23.4 Å². The Morgan fingerprint density at radius 1 is 1.35 bits per heavy atom. The molecule has 0 aromatic carbocycles. The lowest BCUT2D eigenvalue weighted by atomic mass is 9.92. The molecule has 0 spiro atoms. The van der Waals surface area contributed by atoms with Crippen molar-refractivity contribution in [2.45, 2.75) is 51.7 Å². The predicted octanol–water partition coefficient (Wildman–Crippen LogP) is 0.704. The topological polar surface area (TPSA) is 81.4 Å². The Labute approximate surface area is 104 Å². The van der Waals surface area contributed by atoms with Gasteiger partial charge in [0.2, 0.25) is 0 Å². The molecule has 0 aromatic heterocycles. The quantitative estimate of drug-likeness (QED) is 0.529. The van der Waals surface area contributed by atoms with Gasteiger partial charge in [-0.25, -0.2) is 4.79 Å². The molecule has 0 bridgehead atoms. The van der Waals surface area contributed by atoms with Gasteiger partial charge in [-0.15, -0.1) is 0 Å². The Bertz CT molecular complexity index is 264. The van der Waals surface area contributed by atoms with Crippen LogP contribution in [0.3, 0.4) is 0 Å². The first-order valence-electron chi connectivity index (χ1n) is 5.74. The van der Waals surface area contributed by atoms with Gasteiger partial charge in [-0.05, 0) is 40.0 Å². The van der Waals surface area contributed by atoms with E-state index in [4.69, 9.17) is 18.3 Å². The van der Waals surface area contributed by atoms with Gasteiger partial charge in [0.05, 0.1) is 11.7 Å². The molecule has 17 heavy (non-hydrogen) atoms. The SMILES string of the molecule is [B]C(=O)[C@@H](N)CCCCNC(=O)OC(C)(C)C. The lowest BCUT2D eigenvalue weighted by molar-refractivity contribution is -0.113. The van der Waals surface area contributed by atoms with Gasteiger partial charge in [0.1, 0.15) is 5.60 Å². The maximum absolute atomic E-state index is 11.2. The standard InChI is InChI=1S/C11H21BN2O3/c1-11(2,3)17-10(16)14-7-5-4-6-8(13)9(12)15/h8H,4-7,13H2,1-3H3,(H,14,16)/t8-/m0/s1. The molecular weight excluding hydrogens is 219 g/mol. The molecule has 0 aliphatic rings. The fraction of sp³-hybridized carbons (Fsp3) is 0.818. The Morgan fingerprint density at radius 3 is 2.41 bits per heavy atom. The van der Waals surface area contributed by atoms with Crippen molar-refractivity contribution in [2.75, 3.05) is 6.54 Å². The highest BCUT2D eigenvalue weighted by molar-refractivity contribution is 6.59. The summed E-state index contributed by atoms with van der Waals surface area (Å²) in [5.41, 5.74) is 4.47. The van der Waals surface area contributed by atoms with E-state index in [-0.39, 0.29) is 0 Å². The van der Waals surface area contributed by atoms with Gasteiger partial charge in [0.15, 0.2) is 7.85 Å². The first-order chi connectivity index (χ1) is 7.72. The molecule has 1 atom stereocenters. The van der Waals surface area contributed by atoms with E-state index in [0.29, 0.717) is 13.0 Å². The summed E-state index contributed by atoms with van der Waals surface area (Å²) < 4.78 is 5.05. The van der Waals surface area contributed by atoms with E-state index in [1.807, 2.05) is 0 Å². The first-order valence-corrected chi connectivity index (χ1v) is 5.74. The number of amides is 1. The van der Waals surface area contributed by atoms with Crippen molar-refractivity contribution >= 4 is 19.6 Å². The molecule has 0 aromatic rings. The monoisotopic (exact) mass is 240 g/mol. The second kappa shape index (κ2) is 7.32. The summed E-state index contributed by atoms with van der Waals surface area (Å²) >= 11 is 0. The van der Waals surface area contributed by atoms with Crippen molar-refractivity contribution in [1.29, 1.82) is 0 Å². The third kappa shape index (κ3) is 9.87. The van der Waals surface area contributed by atoms with Crippen LogP contribution in [0.1, 0.15) is 40.0 Å². The summed E-state index contributed by atoms with van der Waals surface area (Å²) in [6.07, 6.45) is 1.57. The van der Waals surface area contributed by atoms with Gasteiger partial charge < -0.3 is 20.6 Å². The number of nitrogens with two attached hydrogens (primary N) is 1. The van der Waals surface area contributed by atoms with Crippen LogP contribution in [0.25, 0.3) is 0 Å². The number of carbonyl (C=O) groups is 2. The molecule has 2 radical (unpaired) electrons. The zero-order chi connectivity index (χ0) is 13.5. The molecule has 1 amide bonds. The summed E-state index contributed by atoms with van der Waals surface area (Å²) in [6, 6.07) is -0.600. The minimum Gasteiger partial charge on any atom is -0.444 e. The zero-order valence-electron chi connectivity index (χ0n) is 10.8. The van der Waals surface area contributed by atoms with Gasteiger partial charge in [-0.1, -0.05) is 0 Å². The second-order valence-corrected chi connectivity index (χ2v) is 4.93. The van der Waals surface area contributed by atoms with Crippen molar-refractivity contribution < 1.29 is 14.3 Å². The van der Waals surface area contributed by atoms with Crippen molar-refractivity contribution in [2.24, 2.45) is 5.73 Å². The van der Waals surface area contributed by atoms with Crippen LogP contribution in [0, 0.1) is 0 Å². The normalized spacial score (nSPS) is 12.9. The van der Waals surface area contributed by atoms with Crippen molar-refractivity contribution in [3.8, 4) is 0 Å². The van der Waals surface area contributed by atoms with Gasteiger partial charge in [-0.2, -0.15) is 0 Å². The lowest BCUT2D eigenvalue weighted by Gasteiger charge is -2.19. The number of ether oxygens (including phenoxy) is 1. The fourth-order valence-electron chi connectivity index (χ4n) is 1.14. The number of carbonyl (C=O) groups excluding carboxylic acids is 2. The molecule has 6 heteroatoms. The van der Waals surface area contributed by atoms with E-state index >= 15 is 0 Å². The minimum absolute atomic E-state index is 0.434. The van der Waals surface area contributed by atoms with Crippen molar-refractivity contribution in [3.63, 3.8) is 0 Å². The number of hydrogen-bond donors (Lipinski definition) is 2. The second-order valence-electron chi connectivity index (χ2n) is 4.93. The van der Waals surface area contributed by atoms with Gasteiger partial charge in [0, 0.05) is 6.54 Å². The van der Waals surface area contributed by atoms with Crippen LogP contribution in [0.4, 0.5) is 4.79 Å². The minimum atomic E-state index is -0.600. The summed E-state index contributed by atoms with van der Waals surface area (Å²) in [6.45, 7) is 5.91. The van der Waals surface area contributed by atoms with E-state index in [2.05, 4.69) is 5.32 Å². The Kier molecular flexibility index (Phi) is 6.88. The molecule has 0 saturated heterocycles. The fourth-order valence-corrected chi connectivity index (χ4v) is 1.14. The molecule has 5 nitrogen and oxygen atoms in total. The van der Waals surface area contributed by atoms with Crippen LogP contribution in [0.2, 0.25) is 0 Å². The lowest BCUT2D eigenvalue weighted by Crippen LogP contribution is -2.33. The number of nitrogens with one attached hydrogen (secondary N) is 1. The Balaban J connectivity index is 3.52. The Hall–Kier alpha value is -1.04. The number of hydrogen-bond acceptors (Lipinski definition) is 4. The molecule has 0 heterocycles. The average Bonchev–Trinajstić information content (AvgIpc) is 2.13. The van der Waals surface area contributed by atoms with Gasteiger partial charge >= 0.3 is 6.09 Å². The smallest absolute Gasteiger partial charge is 0.407 e. The van der Waals surface area contributed by atoms with E-state index in [0.717, 1.165) is 12.8 Å². The third-order valence-electron chi connectivity index (χ3n) is 1.98. The molecular formula is C11H21BN2O3. The molecule has 3 N–H and O–H groups in total. The maximum atomic E-state index is 11.2. The largest absolute Gasteiger partial charge is 0.444 e. The summed E-state index contributed by atoms with van der Waals surface area (Å²) in [4.78, 5) is 21.9. The molecule has 0 aliphatic heterocycles. The van der Waals surface area contributed by atoms with Crippen LogP contribution >= 0.6 is 0 Å². The number of alkyl carbamates (subject to hydrolysis) is 1. The molecule has 96 valence electrons. The summed E-state index contributed by atoms with van der Waals surface area (Å²) in [7, 11) is 5.01. The number of rotatable bonds is 6. The predicted molar refractivity (Wildman–Crippen MR) is 66.8 cm³/mol. The van der Waals surface area contributed by atoms with Gasteiger partial charge in [-0.3, -0.25) is 0 Å². The van der Waals surface area contributed by atoms with Crippen molar-refractivity contribution in [3.05, 3.63) is 0 Å². The first kappa shape index (κ1) is 16.0. The molecule has 0 rings (SSSR count). The van der Waals surface area contributed by atoms with E-state index in [9.17, 15) is 9.59 Å². The third-order valence-corrected chi connectivity index (χ3v) is 1.98. The summed E-state index contributed by atoms with van der Waals surface area (Å²) in [5, 5.41) is 2.62. The van der Waals surface area contributed by atoms with Crippen LogP contribution in [-0.2, 0) is 9.53 Å². The van der Waals surface area contributed by atoms with Crippen LogP contribution in [0.15, 0.2) is 0 Å². The average molecular weight is 240 g/mol. The van der Waals surface area contributed by atoms with E-state index in [1.165, 1.54) is 0 Å². The van der Waals surface area contributed by atoms with Crippen LogP contribution in [0.5, 0.6) is 0 Å². The molecule has 0 fully saturated rings. The highest BCUT2D eigenvalue weighted by Gasteiger charge is 2.15. The van der Waals surface area contributed by atoms with Crippen LogP contribution in [-0.4, -0.2) is 37.8 Å². The van der Waals surface area contributed by atoms with Crippen LogP contribution < -0.4 is 11.1 Å². The Morgan fingerprint density at radius 2 is 1.94 bits per heavy atom. The highest BCUT2D eigenvalue weighted by atomic mass is 16.6. The highest BCUT2D eigenvalue weighted by Crippen LogP contribution is 2.06.